The summed E-state index contributed by atoms with van der Waals surface area (Å²) in [6.45, 7) is 0. The molecule has 1 atom stereocenters. The van der Waals surface area contributed by atoms with Crippen LogP contribution in [0.15, 0.2) is 34.9 Å². The van der Waals surface area contributed by atoms with Crippen LogP contribution in [0.5, 0.6) is 0 Å². The summed E-state index contributed by atoms with van der Waals surface area (Å²) < 4.78 is 2.89. The lowest BCUT2D eigenvalue weighted by molar-refractivity contribution is 0.176. The van der Waals surface area contributed by atoms with Crippen LogP contribution in [0.3, 0.4) is 0 Å². The largest absolute Gasteiger partial charge is 0.388 e. The second-order valence-electron chi connectivity index (χ2n) is 5.61. The number of hydrogen-bond acceptors (Lipinski definition) is 2. The van der Waals surface area contributed by atoms with E-state index < -0.39 is 6.10 Å². The maximum Gasteiger partial charge on any atom is 0.0857 e. The molecular weight excluding hydrogens is 352 g/mol. The summed E-state index contributed by atoms with van der Waals surface area (Å²) in [5.74, 6) is 0. The van der Waals surface area contributed by atoms with Gasteiger partial charge in [-0.25, -0.2) is 0 Å². The SMILES string of the molecule is OC(Cc1ccn(C2CCCC2)n1)c1ccc(Cl)cc1Br. The highest BCUT2D eigenvalue weighted by Gasteiger charge is 2.19. The molecular formula is C16H18BrClN2O. The summed E-state index contributed by atoms with van der Waals surface area (Å²) in [5.41, 5.74) is 1.77. The maximum atomic E-state index is 10.4. The number of halogens is 2. The van der Waals surface area contributed by atoms with Gasteiger partial charge in [0.1, 0.15) is 0 Å². The Hall–Kier alpha value is -0.840. The van der Waals surface area contributed by atoms with E-state index in [0.717, 1.165) is 15.7 Å². The van der Waals surface area contributed by atoms with Crippen molar-refractivity contribution in [3.63, 3.8) is 0 Å². The summed E-state index contributed by atoms with van der Waals surface area (Å²) in [6, 6.07) is 7.99. The lowest BCUT2D eigenvalue weighted by Gasteiger charge is -2.12. The van der Waals surface area contributed by atoms with Crippen LogP contribution in [0, 0.1) is 0 Å². The molecule has 2 aromatic rings. The molecule has 1 aliphatic rings. The third kappa shape index (κ3) is 3.50. The molecule has 5 heteroatoms. The smallest absolute Gasteiger partial charge is 0.0857 e. The van der Waals surface area contributed by atoms with Crippen molar-refractivity contribution in [3.8, 4) is 0 Å². The van der Waals surface area contributed by atoms with Crippen molar-refractivity contribution in [3.05, 3.63) is 51.2 Å². The van der Waals surface area contributed by atoms with E-state index in [1.165, 1.54) is 25.7 Å². The van der Waals surface area contributed by atoms with E-state index in [1.807, 2.05) is 18.3 Å². The number of aromatic nitrogens is 2. The molecule has 0 radical (unpaired) electrons. The Morgan fingerprint density at radius 3 is 2.81 bits per heavy atom. The molecule has 21 heavy (non-hydrogen) atoms. The molecule has 0 bridgehead atoms. The fraction of sp³-hybridized carbons (Fsp3) is 0.438. The van der Waals surface area contributed by atoms with Crippen LogP contribution in [-0.2, 0) is 6.42 Å². The average Bonchev–Trinajstić information content (AvgIpc) is 3.08. The van der Waals surface area contributed by atoms with Crippen LogP contribution < -0.4 is 0 Å². The monoisotopic (exact) mass is 368 g/mol. The van der Waals surface area contributed by atoms with Crippen molar-refractivity contribution < 1.29 is 5.11 Å². The van der Waals surface area contributed by atoms with Gasteiger partial charge in [-0.3, -0.25) is 4.68 Å². The van der Waals surface area contributed by atoms with Crippen LogP contribution in [-0.4, -0.2) is 14.9 Å². The molecule has 1 heterocycles. The molecule has 3 rings (SSSR count). The Labute approximate surface area is 138 Å². The summed E-state index contributed by atoms with van der Waals surface area (Å²) in [5, 5.41) is 15.7. The number of nitrogens with zero attached hydrogens (tertiary/aromatic N) is 2. The Morgan fingerprint density at radius 2 is 2.10 bits per heavy atom. The standard InChI is InChI=1S/C16H18BrClN2O/c17-15-9-11(18)5-6-14(15)16(21)10-12-7-8-20(19-12)13-3-1-2-4-13/h5-9,13,16,21H,1-4,10H2. The second-order valence-corrected chi connectivity index (χ2v) is 6.90. The third-order valence-electron chi connectivity index (χ3n) is 4.09. The minimum atomic E-state index is -0.580. The molecule has 3 nitrogen and oxygen atoms in total. The molecule has 1 aromatic carbocycles. The zero-order valence-electron chi connectivity index (χ0n) is 11.7. The van der Waals surface area contributed by atoms with Gasteiger partial charge in [-0.05, 0) is 36.6 Å². The fourth-order valence-electron chi connectivity index (χ4n) is 2.94. The molecule has 0 amide bonds. The van der Waals surface area contributed by atoms with Gasteiger partial charge in [-0.15, -0.1) is 0 Å². The lowest BCUT2D eigenvalue weighted by Crippen LogP contribution is -2.07. The molecule has 1 fully saturated rings. The summed E-state index contributed by atoms with van der Waals surface area (Å²) >= 11 is 9.38. The van der Waals surface area contributed by atoms with Gasteiger partial charge in [-0.1, -0.05) is 46.4 Å². The predicted octanol–water partition coefficient (Wildman–Crippen LogP) is 4.69. The van der Waals surface area contributed by atoms with Crippen LogP contribution in [0.4, 0.5) is 0 Å². The van der Waals surface area contributed by atoms with Crippen LogP contribution in [0.1, 0.15) is 49.1 Å². The summed E-state index contributed by atoms with van der Waals surface area (Å²) in [6.07, 6.45) is 6.98. The van der Waals surface area contributed by atoms with Crippen molar-refractivity contribution in [2.24, 2.45) is 0 Å². The molecule has 1 aromatic heterocycles. The van der Waals surface area contributed by atoms with E-state index in [0.29, 0.717) is 17.5 Å². The van der Waals surface area contributed by atoms with Gasteiger partial charge in [-0.2, -0.15) is 5.10 Å². The van der Waals surface area contributed by atoms with E-state index >= 15 is 0 Å². The predicted molar refractivity (Wildman–Crippen MR) is 87.5 cm³/mol. The molecule has 1 N–H and O–H groups in total. The van der Waals surface area contributed by atoms with Gasteiger partial charge < -0.3 is 5.11 Å². The normalized spacial score (nSPS) is 17.3. The quantitative estimate of drug-likeness (QED) is 0.849. The molecule has 0 spiro atoms. The first-order valence-corrected chi connectivity index (χ1v) is 8.47. The Kier molecular flexibility index (Phi) is 4.67. The highest BCUT2D eigenvalue weighted by Crippen LogP contribution is 2.30. The number of hydrogen-bond donors (Lipinski definition) is 1. The number of aliphatic hydroxyl groups is 1. The van der Waals surface area contributed by atoms with Crippen LogP contribution in [0.2, 0.25) is 5.02 Å². The molecule has 1 saturated carbocycles. The minimum absolute atomic E-state index is 0.514. The second kappa shape index (κ2) is 6.51. The van der Waals surface area contributed by atoms with Crippen molar-refractivity contribution in [1.29, 1.82) is 0 Å². The first-order chi connectivity index (χ1) is 10.1. The van der Waals surface area contributed by atoms with Gasteiger partial charge in [0, 0.05) is 22.1 Å². The lowest BCUT2D eigenvalue weighted by atomic mass is 10.1. The topological polar surface area (TPSA) is 38.0 Å². The summed E-state index contributed by atoms with van der Waals surface area (Å²) in [4.78, 5) is 0. The van der Waals surface area contributed by atoms with Gasteiger partial charge in [0.25, 0.3) is 0 Å². The van der Waals surface area contributed by atoms with Crippen molar-refractivity contribution in [1.82, 2.24) is 9.78 Å². The molecule has 1 unspecified atom stereocenters. The Balaban J connectivity index is 1.70. The van der Waals surface area contributed by atoms with Gasteiger partial charge in [0.15, 0.2) is 0 Å². The zero-order chi connectivity index (χ0) is 14.8. The Morgan fingerprint density at radius 1 is 1.33 bits per heavy atom. The van der Waals surface area contributed by atoms with Crippen molar-refractivity contribution in [2.75, 3.05) is 0 Å². The van der Waals surface area contributed by atoms with E-state index in [1.54, 1.807) is 12.1 Å². The highest BCUT2D eigenvalue weighted by molar-refractivity contribution is 9.10. The highest BCUT2D eigenvalue weighted by atomic mass is 79.9. The van der Waals surface area contributed by atoms with E-state index in [2.05, 4.69) is 25.7 Å². The maximum absolute atomic E-state index is 10.4. The third-order valence-corrected chi connectivity index (χ3v) is 5.01. The van der Waals surface area contributed by atoms with E-state index in [4.69, 9.17) is 11.6 Å². The molecule has 112 valence electrons. The van der Waals surface area contributed by atoms with Gasteiger partial charge in [0.2, 0.25) is 0 Å². The van der Waals surface area contributed by atoms with Gasteiger partial charge >= 0.3 is 0 Å². The van der Waals surface area contributed by atoms with Crippen LogP contribution >= 0.6 is 27.5 Å². The Bertz CT molecular complexity index is 622. The average molecular weight is 370 g/mol. The number of benzene rings is 1. The molecule has 1 aliphatic carbocycles. The van der Waals surface area contributed by atoms with E-state index in [-0.39, 0.29) is 0 Å². The van der Waals surface area contributed by atoms with Crippen molar-refractivity contribution >= 4 is 27.5 Å². The molecule has 0 saturated heterocycles. The zero-order valence-corrected chi connectivity index (χ0v) is 14.0. The minimum Gasteiger partial charge on any atom is -0.388 e. The first kappa shape index (κ1) is 15.1. The summed E-state index contributed by atoms with van der Waals surface area (Å²) in [7, 11) is 0. The number of aliphatic hydroxyl groups excluding tert-OH is 1. The fourth-order valence-corrected chi connectivity index (χ4v) is 3.89. The van der Waals surface area contributed by atoms with Gasteiger partial charge in [0.05, 0.1) is 17.8 Å². The van der Waals surface area contributed by atoms with E-state index in [9.17, 15) is 5.11 Å². The van der Waals surface area contributed by atoms with Crippen LogP contribution in [0.25, 0.3) is 0 Å². The molecule has 0 aliphatic heterocycles. The number of rotatable bonds is 4. The first-order valence-electron chi connectivity index (χ1n) is 7.30. The van der Waals surface area contributed by atoms with Crippen molar-refractivity contribution in [2.45, 2.75) is 44.2 Å².